The highest BCUT2D eigenvalue weighted by Crippen LogP contribution is 2.42. The van der Waals surface area contributed by atoms with Crippen molar-refractivity contribution in [3.8, 4) is 28.5 Å². The predicted octanol–water partition coefficient (Wildman–Crippen LogP) is 5.71. The Balaban J connectivity index is 1.83. The Morgan fingerprint density at radius 1 is 0.867 bits per heavy atom. The molecule has 0 aliphatic rings. The molecule has 0 spiro atoms. The number of rotatable bonds is 6. The molecule has 1 heterocycles. The summed E-state index contributed by atoms with van der Waals surface area (Å²) < 4.78 is 6.20. The Kier molecular flexibility index (Phi) is 5.82. The fraction of sp³-hybridized carbons (Fsp3) is 0.0417. The van der Waals surface area contributed by atoms with Crippen LogP contribution in [0.5, 0.6) is 0 Å². The van der Waals surface area contributed by atoms with E-state index in [4.69, 9.17) is 21.9 Å². The summed E-state index contributed by atoms with van der Waals surface area (Å²) in [7, 11) is 0. The number of nitriles is 1. The number of halogens is 1. The molecule has 3 aromatic carbocycles. The molecule has 148 valence electrons. The lowest BCUT2D eigenvalue weighted by Gasteiger charge is -2.18. The van der Waals surface area contributed by atoms with Gasteiger partial charge in [0, 0.05) is 16.1 Å². The third-order valence-electron chi connectivity index (χ3n) is 4.76. The minimum atomic E-state index is -0.479. The molecule has 4 aromatic rings. The maximum Gasteiger partial charge on any atom is 0.213 e. The molecule has 30 heavy (non-hydrogen) atoms. The molecule has 4 rings (SSSR count). The van der Waals surface area contributed by atoms with Gasteiger partial charge >= 0.3 is 0 Å². The molecule has 1 atom stereocenters. The number of furan rings is 1. The SMILES string of the molecule is N#Cc1c(N[C@H](NN)c2ccc(Cl)cc2)oc(-c2ccccc2)c1-c1ccccc1. The third kappa shape index (κ3) is 3.93. The van der Waals surface area contributed by atoms with Crippen LogP contribution in [0.1, 0.15) is 17.3 Å². The molecule has 0 amide bonds. The number of nitrogens with zero attached hydrogens (tertiary/aromatic N) is 1. The average Bonchev–Trinajstić information content (AvgIpc) is 3.17. The minimum Gasteiger partial charge on any atom is -0.439 e. The van der Waals surface area contributed by atoms with E-state index in [0.717, 1.165) is 22.3 Å². The van der Waals surface area contributed by atoms with E-state index >= 15 is 0 Å². The maximum absolute atomic E-state index is 9.99. The Bertz CT molecular complexity index is 1170. The lowest BCUT2D eigenvalue weighted by molar-refractivity contribution is 0.549. The third-order valence-corrected chi connectivity index (χ3v) is 5.02. The van der Waals surface area contributed by atoms with Gasteiger partial charge in [-0.2, -0.15) is 5.26 Å². The number of nitrogens with one attached hydrogen (secondary N) is 2. The Morgan fingerprint density at radius 2 is 1.47 bits per heavy atom. The summed E-state index contributed by atoms with van der Waals surface area (Å²) in [5.41, 5.74) is 6.50. The molecule has 4 N–H and O–H groups in total. The second kappa shape index (κ2) is 8.85. The second-order valence-electron chi connectivity index (χ2n) is 6.65. The van der Waals surface area contributed by atoms with Crippen LogP contribution < -0.4 is 16.6 Å². The van der Waals surface area contributed by atoms with Crippen molar-refractivity contribution in [3.05, 3.63) is 101 Å². The van der Waals surface area contributed by atoms with Crippen LogP contribution in [0.3, 0.4) is 0 Å². The minimum absolute atomic E-state index is 0.341. The molecule has 6 heteroatoms. The van der Waals surface area contributed by atoms with Gasteiger partial charge in [0.25, 0.3) is 0 Å². The van der Waals surface area contributed by atoms with E-state index in [1.807, 2.05) is 72.8 Å². The summed E-state index contributed by atoms with van der Waals surface area (Å²) in [6.45, 7) is 0. The van der Waals surface area contributed by atoms with Crippen LogP contribution in [0.15, 0.2) is 89.3 Å². The number of nitrogens with two attached hydrogens (primary N) is 1. The average molecular weight is 415 g/mol. The fourth-order valence-electron chi connectivity index (χ4n) is 3.32. The first-order valence-corrected chi connectivity index (χ1v) is 9.75. The van der Waals surface area contributed by atoms with Crippen LogP contribution in [0.2, 0.25) is 5.02 Å². The monoisotopic (exact) mass is 414 g/mol. The smallest absolute Gasteiger partial charge is 0.213 e. The summed E-state index contributed by atoms with van der Waals surface area (Å²) in [4.78, 5) is 0. The Labute approximate surface area is 179 Å². The normalized spacial score (nSPS) is 11.6. The van der Waals surface area contributed by atoms with Gasteiger partial charge in [-0.15, -0.1) is 0 Å². The van der Waals surface area contributed by atoms with Gasteiger partial charge in [0.15, 0.2) is 0 Å². The van der Waals surface area contributed by atoms with E-state index in [0.29, 0.717) is 22.2 Å². The highest BCUT2D eigenvalue weighted by molar-refractivity contribution is 6.30. The van der Waals surface area contributed by atoms with Crippen LogP contribution >= 0.6 is 11.6 Å². The molecule has 5 nitrogen and oxygen atoms in total. The molecular formula is C24H19ClN4O. The van der Waals surface area contributed by atoms with Gasteiger partial charge in [0.05, 0.1) is 0 Å². The number of hydrazine groups is 1. The summed E-state index contributed by atoms with van der Waals surface area (Å²) in [5.74, 6) is 6.74. The van der Waals surface area contributed by atoms with Crippen LogP contribution in [0.4, 0.5) is 5.88 Å². The second-order valence-corrected chi connectivity index (χ2v) is 7.09. The molecule has 0 aliphatic heterocycles. The van der Waals surface area contributed by atoms with Crippen molar-refractivity contribution in [2.75, 3.05) is 5.32 Å². The van der Waals surface area contributed by atoms with Crippen molar-refractivity contribution in [2.24, 2.45) is 5.84 Å². The Morgan fingerprint density at radius 3 is 2.03 bits per heavy atom. The van der Waals surface area contributed by atoms with Crippen molar-refractivity contribution in [3.63, 3.8) is 0 Å². The first-order chi connectivity index (χ1) is 14.7. The molecule has 0 saturated carbocycles. The van der Waals surface area contributed by atoms with Crippen LogP contribution in [0, 0.1) is 11.3 Å². The van der Waals surface area contributed by atoms with Crippen molar-refractivity contribution in [2.45, 2.75) is 6.17 Å². The van der Waals surface area contributed by atoms with Gasteiger partial charge < -0.3 is 9.73 Å². The molecule has 1 aromatic heterocycles. The lowest BCUT2D eigenvalue weighted by Crippen LogP contribution is -2.33. The van der Waals surface area contributed by atoms with Gasteiger partial charge in [-0.25, -0.2) is 5.43 Å². The maximum atomic E-state index is 9.99. The van der Waals surface area contributed by atoms with E-state index in [9.17, 15) is 5.26 Å². The van der Waals surface area contributed by atoms with E-state index in [-0.39, 0.29) is 0 Å². The van der Waals surface area contributed by atoms with Crippen molar-refractivity contribution in [1.29, 1.82) is 5.26 Å². The molecule has 0 fully saturated rings. The summed E-state index contributed by atoms with van der Waals surface area (Å²) in [6, 6.07) is 29.0. The van der Waals surface area contributed by atoms with Gasteiger partial charge in [0.2, 0.25) is 5.88 Å². The van der Waals surface area contributed by atoms with E-state index < -0.39 is 6.17 Å². The zero-order valence-corrected chi connectivity index (χ0v) is 16.7. The van der Waals surface area contributed by atoms with Gasteiger partial charge in [0.1, 0.15) is 23.6 Å². The number of hydrogen-bond acceptors (Lipinski definition) is 5. The van der Waals surface area contributed by atoms with Gasteiger partial charge in [-0.05, 0) is 23.3 Å². The topological polar surface area (TPSA) is 87.0 Å². The number of hydrogen-bond donors (Lipinski definition) is 3. The van der Waals surface area contributed by atoms with E-state index in [1.165, 1.54) is 0 Å². The summed E-state index contributed by atoms with van der Waals surface area (Å²) in [5, 5.41) is 13.8. The molecule has 0 unspecified atom stereocenters. The fourth-order valence-corrected chi connectivity index (χ4v) is 3.45. The molecule has 0 radical (unpaired) electrons. The molecule has 0 saturated heterocycles. The molecular weight excluding hydrogens is 396 g/mol. The Hall–Kier alpha value is -3.56. The number of benzene rings is 3. The lowest BCUT2D eigenvalue weighted by atomic mass is 9.98. The molecule has 0 bridgehead atoms. The largest absolute Gasteiger partial charge is 0.439 e. The van der Waals surface area contributed by atoms with Gasteiger partial charge in [-0.3, -0.25) is 5.84 Å². The van der Waals surface area contributed by atoms with Gasteiger partial charge in [-0.1, -0.05) is 84.4 Å². The predicted molar refractivity (Wildman–Crippen MR) is 119 cm³/mol. The number of anilines is 1. The highest BCUT2D eigenvalue weighted by Gasteiger charge is 2.24. The van der Waals surface area contributed by atoms with Crippen molar-refractivity contribution < 1.29 is 4.42 Å². The standard InChI is InChI=1S/C24H19ClN4O/c25-19-13-11-18(12-14-19)23(29-27)28-24-20(15-26)21(16-7-3-1-4-8-16)22(30-24)17-9-5-2-6-10-17/h1-14,23,28-29H,27H2/t23-/m1/s1. The molecule has 0 aliphatic carbocycles. The van der Waals surface area contributed by atoms with Crippen molar-refractivity contribution in [1.82, 2.24) is 5.43 Å². The van der Waals surface area contributed by atoms with Crippen LogP contribution in [-0.2, 0) is 0 Å². The van der Waals surface area contributed by atoms with Crippen LogP contribution in [-0.4, -0.2) is 0 Å². The zero-order valence-electron chi connectivity index (χ0n) is 16.0. The summed E-state index contributed by atoms with van der Waals surface area (Å²) in [6.07, 6.45) is -0.479. The van der Waals surface area contributed by atoms with Crippen LogP contribution in [0.25, 0.3) is 22.5 Å². The van der Waals surface area contributed by atoms with E-state index in [2.05, 4.69) is 16.8 Å². The van der Waals surface area contributed by atoms with Crippen molar-refractivity contribution >= 4 is 17.5 Å². The first-order valence-electron chi connectivity index (χ1n) is 9.37. The highest BCUT2D eigenvalue weighted by atomic mass is 35.5. The first kappa shape index (κ1) is 19.7. The zero-order chi connectivity index (χ0) is 20.9. The van der Waals surface area contributed by atoms with E-state index in [1.54, 1.807) is 12.1 Å². The summed E-state index contributed by atoms with van der Waals surface area (Å²) >= 11 is 5.99. The quantitative estimate of drug-likeness (QED) is 0.213.